The van der Waals surface area contributed by atoms with Crippen LogP contribution in [0.15, 0.2) is 24.3 Å². The standard InChI is InChI=1S/C16H28N2O/c1-4-17-11-10-15-6-8-16(9-7-15)14-18(2)12-5-13-19-3/h6-9,17H,4-5,10-14H2,1-3H3. The van der Waals surface area contributed by atoms with Gasteiger partial charge in [-0.2, -0.15) is 0 Å². The van der Waals surface area contributed by atoms with Gasteiger partial charge >= 0.3 is 0 Å². The minimum absolute atomic E-state index is 0.841. The molecule has 19 heavy (non-hydrogen) atoms. The highest BCUT2D eigenvalue weighted by Gasteiger charge is 2.00. The number of benzene rings is 1. The summed E-state index contributed by atoms with van der Waals surface area (Å²) in [5.41, 5.74) is 2.79. The molecular weight excluding hydrogens is 236 g/mol. The molecule has 108 valence electrons. The lowest BCUT2D eigenvalue weighted by Gasteiger charge is -2.16. The van der Waals surface area contributed by atoms with Crippen molar-refractivity contribution in [3.8, 4) is 0 Å². The molecule has 0 amide bonds. The molecule has 0 unspecified atom stereocenters. The zero-order chi connectivity index (χ0) is 13.9. The molecule has 3 heteroatoms. The summed E-state index contributed by atoms with van der Waals surface area (Å²) in [6.07, 6.45) is 2.20. The first-order valence-corrected chi connectivity index (χ1v) is 7.22. The molecule has 0 bridgehead atoms. The maximum atomic E-state index is 5.07. The maximum Gasteiger partial charge on any atom is 0.0474 e. The lowest BCUT2D eigenvalue weighted by molar-refractivity contribution is 0.178. The van der Waals surface area contributed by atoms with E-state index in [1.165, 1.54) is 11.1 Å². The Hall–Kier alpha value is -0.900. The van der Waals surface area contributed by atoms with Crippen molar-refractivity contribution in [2.75, 3.05) is 40.4 Å². The van der Waals surface area contributed by atoms with Gasteiger partial charge in [-0.15, -0.1) is 0 Å². The van der Waals surface area contributed by atoms with Crippen LogP contribution < -0.4 is 5.32 Å². The zero-order valence-electron chi connectivity index (χ0n) is 12.6. The van der Waals surface area contributed by atoms with Crippen LogP contribution in [0.5, 0.6) is 0 Å². The number of rotatable bonds is 10. The van der Waals surface area contributed by atoms with Crippen LogP contribution in [0.1, 0.15) is 24.5 Å². The quantitative estimate of drug-likeness (QED) is 0.656. The topological polar surface area (TPSA) is 24.5 Å². The zero-order valence-corrected chi connectivity index (χ0v) is 12.6. The molecule has 0 aliphatic heterocycles. The Labute approximate surface area is 118 Å². The molecule has 0 spiro atoms. The predicted molar refractivity (Wildman–Crippen MR) is 81.5 cm³/mol. The molecule has 1 rings (SSSR count). The van der Waals surface area contributed by atoms with Crippen molar-refractivity contribution in [2.45, 2.75) is 26.3 Å². The first-order valence-electron chi connectivity index (χ1n) is 7.22. The third kappa shape index (κ3) is 7.31. The normalized spacial score (nSPS) is 11.2. The van der Waals surface area contributed by atoms with Crippen molar-refractivity contribution in [1.29, 1.82) is 0 Å². The molecule has 1 aromatic rings. The van der Waals surface area contributed by atoms with Crippen molar-refractivity contribution in [1.82, 2.24) is 10.2 Å². The lowest BCUT2D eigenvalue weighted by atomic mass is 10.1. The Balaban J connectivity index is 2.30. The Morgan fingerprint density at radius 2 is 1.84 bits per heavy atom. The van der Waals surface area contributed by atoms with Gasteiger partial charge < -0.3 is 15.0 Å². The van der Waals surface area contributed by atoms with E-state index in [-0.39, 0.29) is 0 Å². The summed E-state index contributed by atoms with van der Waals surface area (Å²) in [6, 6.07) is 8.98. The van der Waals surface area contributed by atoms with Gasteiger partial charge in [0.05, 0.1) is 0 Å². The monoisotopic (exact) mass is 264 g/mol. The van der Waals surface area contributed by atoms with Crippen molar-refractivity contribution in [2.24, 2.45) is 0 Å². The molecule has 3 nitrogen and oxygen atoms in total. The van der Waals surface area contributed by atoms with E-state index < -0.39 is 0 Å². The Kier molecular flexibility index (Phi) is 8.47. The minimum atomic E-state index is 0.841. The molecule has 0 fully saturated rings. The lowest BCUT2D eigenvalue weighted by Crippen LogP contribution is -2.20. The molecule has 0 aromatic heterocycles. The molecule has 1 aromatic carbocycles. The van der Waals surface area contributed by atoms with Crippen molar-refractivity contribution < 1.29 is 4.74 Å². The van der Waals surface area contributed by atoms with Gasteiger partial charge in [-0.05, 0) is 44.1 Å². The average molecular weight is 264 g/mol. The highest BCUT2D eigenvalue weighted by atomic mass is 16.5. The molecular formula is C16H28N2O. The Morgan fingerprint density at radius 1 is 1.16 bits per heavy atom. The number of likely N-dealkylation sites (N-methyl/N-ethyl adjacent to an activating group) is 1. The summed E-state index contributed by atoms with van der Waals surface area (Å²) in [7, 11) is 3.92. The number of nitrogens with zero attached hydrogens (tertiary/aromatic N) is 1. The van der Waals surface area contributed by atoms with Gasteiger partial charge in [0.25, 0.3) is 0 Å². The molecule has 1 N–H and O–H groups in total. The number of hydrogen-bond donors (Lipinski definition) is 1. The van der Waals surface area contributed by atoms with Crippen molar-refractivity contribution in [3.63, 3.8) is 0 Å². The summed E-state index contributed by atoms with van der Waals surface area (Å²) < 4.78 is 5.07. The minimum Gasteiger partial charge on any atom is -0.385 e. The summed E-state index contributed by atoms with van der Waals surface area (Å²) in [5, 5.41) is 3.35. The fourth-order valence-corrected chi connectivity index (χ4v) is 2.09. The first kappa shape index (κ1) is 16.2. The largest absolute Gasteiger partial charge is 0.385 e. The highest BCUT2D eigenvalue weighted by molar-refractivity contribution is 5.22. The first-order chi connectivity index (χ1) is 9.26. The second kappa shape index (κ2) is 9.96. The predicted octanol–water partition coefficient (Wildman–Crippen LogP) is 2.31. The number of methoxy groups -OCH3 is 1. The van der Waals surface area contributed by atoms with Crippen LogP contribution >= 0.6 is 0 Å². The molecule has 0 saturated heterocycles. The van der Waals surface area contributed by atoms with E-state index >= 15 is 0 Å². The summed E-state index contributed by atoms with van der Waals surface area (Å²) in [4.78, 5) is 2.34. The van der Waals surface area contributed by atoms with Crippen LogP contribution in [0.4, 0.5) is 0 Å². The van der Waals surface area contributed by atoms with E-state index in [0.717, 1.165) is 45.6 Å². The third-order valence-corrected chi connectivity index (χ3v) is 3.20. The smallest absolute Gasteiger partial charge is 0.0474 e. The van der Waals surface area contributed by atoms with Crippen LogP contribution in [-0.4, -0.2) is 45.3 Å². The van der Waals surface area contributed by atoms with Crippen LogP contribution in [0.25, 0.3) is 0 Å². The van der Waals surface area contributed by atoms with Gasteiger partial charge in [-0.1, -0.05) is 31.2 Å². The SMILES string of the molecule is CCNCCc1ccc(CN(C)CCCOC)cc1. The molecule has 0 atom stereocenters. The van der Waals surface area contributed by atoms with Gasteiger partial charge in [0.1, 0.15) is 0 Å². The van der Waals surface area contributed by atoms with Gasteiger partial charge in [0.2, 0.25) is 0 Å². The van der Waals surface area contributed by atoms with Gasteiger partial charge in [-0.3, -0.25) is 0 Å². The summed E-state index contributed by atoms with van der Waals surface area (Å²) in [6.45, 7) is 7.18. The molecule has 0 heterocycles. The fraction of sp³-hybridized carbons (Fsp3) is 0.625. The third-order valence-electron chi connectivity index (χ3n) is 3.20. The van der Waals surface area contributed by atoms with Gasteiger partial charge in [0, 0.05) is 26.8 Å². The Bertz CT molecular complexity index is 324. The van der Waals surface area contributed by atoms with Crippen LogP contribution in [0, 0.1) is 0 Å². The second-order valence-corrected chi connectivity index (χ2v) is 5.00. The van der Waals surface area contributed by atoms with Gasteiger partial charge in [0.15, 0.2) is 0 Å². The van der Waals surface area contributed by atoms with Gasteiger partial charge in [-0.25, -0.2) is 0 Å². The number of ether oxygens (including phenoxy) is 1. The van der Waals surface area contributed by atoms with E-state index in [1.54, 1.807) is 7.11 Å². The second-order valence-electron chi connectivity index (χ2n) is 5.00. The van der Waals surface area contributed by atoms with Crippen molar-refractivity contribution >= 4 is 0 Å². The van der Waals surface area contributed by atoms with E-state index in [9.17, 15) is 0 Å². The summed E-state index contributed by atoms with van der Waals surface area (Å²) in [5.74, 6) is 0. The van der Waals surface area contributed by atoms with Crippen LogP contribution in [0.2, 0.25) is 0 Å². The number of hydrogen-bond acceptors (Lipinski definition) is 3. The molecule has 0 aliphatic carbocycles. The molecule has 0 aliphatic rings. The van der Waals surface area contributed by atoms with E-state index in [0.29, 0.717) is 0 Å². The average Bonchev–Trinajstić information content (AvgIpc) is 2.41. The van der Waals surface area contributed by atoms with E-state index in [1.807, 2.05) is 0 Å². The highest BCUT2D eigenvalue weighted by Crippen LogP contribution is 2.07. The Morgan fingerprint density at radius 3 is 2.47 bits per heavy atom. The van der Waals surface area contributed by atoms with E-state index in [2.05, 4.69) is 48.5 Å². The molecule has 0 radical (unpaired) electrons. The fourth-order valence-electron chi connectivity index (χ4n) is 2.09. The maximum absolute atomic E-state index is 5.07. The summed E-state index contributed by atoms with van der Waals surface area (Å²) >= 11 is 0. The number of nitrogens with one attached hydrogen (secondary N) is 1. The molecule has 0 saturated carbocycles. The van der Waals surface area contributed by atoms with Crippen molar-refractivity contribution in [3.05, 3.63) is 35.4 Å². The van der Waals surface area contributed by atoms with Crippen LogP contribution in [0.3, 0.4) is 0 Å². The van der Waals surface area contributed by atoms with E-state index in [4.69, 9.17) is 4.74 Å². The van der Waals surface area contributed by atoms with Crippen LogP contribution in [-0.2, 0) is 17.7 Å².